The van der Waals surface area contributed by atoms with Gasteiger partial charge in [0.25, 0.3) is 0 Å². The van der Waals surface area contributed by atoms with Crippen molar-refractivity contribution < 1.29 is 4.39 Å². The first kappa shape index (κ1) is 11.7. The van der Waals surface area contributed by atoms with Crippen molar-refractivity contribution in [3.8, 4) is 5.82 Å². The number of nitrogens with zero attached hydrogens (tertiary/aromatic N) is 3. The summed E-state index contributed by atoms with van der Waals surface area (Å²) < 4.78 is 14.2. The van der Waals surface area contributed by atoms with Crippen LogP contribution >= 0.6 is 0 Å². The summed E-state index contributed by atoms with van der Waals surface area (Å²) in [5, 5.41) is 7.07. The van der Waals surface area contributed by atoms with Gasteiger partial charge in [0, 0.05) is 12.2 Å². The zero-order chi connectivity index (χ0) is 12.3. The molecule has 0 spiro atoms. The summed E-state index contributed by atoms with van der Waals surface area (Å²) in [6, 6.07) is 4.11. The molecule has 0 aromatic carbocycles. The van der Waals surface area contributed by atoms with Crippen molar-refractivity contribution in [2.75, 3.05) is 7.05 Å². The molecule has 0 unspecified atom stereocenters. The van der Waals surface area contributed by atoms with Crippen LogP contribution in [0, 0.1) is 5.82 Å². The second-order valence-electron chi connectivity index (χ2n) is 3.80. The van der Waals surface area contributed by atoms with Crippen molar-refractivity contribution in [1.82, 2.24) is 20.1 Å². The first-order valence-electron chi connectivity index (χ1n) is 5.58. The second-order valence-corrected chi connectivity index (χ2v) is 3.80. The molecule has 2 heterocycles. The molecule has 17 heavy (non-hydrogen) atoms. The third-order valence-corrected chi connectivity index (χ3v) is 2.72. The first-order valence-corrected chi connectivity index (χ1v) is 5.58. The van der Waals surface area contributed by atoms with Crippen LogP contribution in [0.2, 0.25) is 0 Å². The van der Waals surface area contributed by atoms with E-state index in [1.54, 1.807) is 6.20 Å². The summed E-state index contributed by atoms with van der Waals surface area (Å²) in [6.45, 7) is 2.11. The predicted octanol–water partition coefficient (Wildman–Crippen LogP) is 2.08. The molecule has 0 aliphatic carbocycles. The SMILES string of the molecule is CC[C@H](NC)c1ccc(-n2cc(F)cn2)nc1. The van der Waals surface area contributed by atoms with Crippen LogP contribution < -0.4 is 5.32 Å². The molecular weight excluding hydrogens is 219 g/mol. The molecule has 0 saturated heterocycles. The highest BCUT2D eigenvalue weighted by Gasteiger charge is 2.07. The van der Waals surface area contributed by atoms with Gasteiger partial charge in [0.05, 0.1) is 12.4 Å². The summed E-state index contributed by atoms with van der Waals surface area (Å²) in [4.78, 5) is 4.27. The van der Waals surface area contributed by atoms with Gasteiger partial charge in [-0.2, -0.15) is 5.10 Å². The third kappa shape index (κ3) is 2.50. The Bertz CT molecular complexity index is 474. The van der Waals surface area contributed by atoms with E-state index in [2.05, 4.69) is 22.3 Å². The quantitative estimate of drug-likeness (QED) is 0.880. The van der Waals surface area contributed by atoms with E-state index >= 15 is 0 Å². The Hall–Kier alpha value is -1.75. The summed E-state index contributed by atoms with van der Waals surface area (Å²) in [5.41, 5.74) is 1.12. The van der Waals surface area contributed by atoms with E-state index < -0.39 is 0 Å². The van der Waals surface area contributed by atoms with Crippen molar-refractivity contribution in [1.29, 1.82) is 0 Å². The predicted molar refractivity (Wildman–Crippen MR) is 63.4 cm³/mol. The molecule has 0 amide bonds. The fourth-order valence-corrected chi connectivity index (χ4v) is 1.77. The van der Waals surface area contributed by atoms with Crippen LogP contribution in [0.4, 0.5) is 4.39 Å². The van der Waals surface area contributed by atoms with Gasteiger partial charge < -0.3 is 5.32 Å². The minimum absolute atomic E-state index is 0.297. The van der Waals surface area contributed by atoms with Crippen LogP contribution in [-0.2, 0) is 0 Å². The van der Waals surface area contributed by atoms with Gasteiger partial charge in [-0.15, -0.1) is 0 Å². The Morgan fingerprint density at radius 2 is 2.24 bits per heavy atom. The zero-order valence-corrected chi connectivity index (χ0v) is 9.89. The third-order valence-electron chi connectivity index (χ3n) is 2.72. The van der Waals surface area contributed by atoms with E-state index in [1.807, 2.05) is 19.2 Å². The van der Waals surface area contributed by atoms with E-state index in [0.717, 1.165) is 18.2 Å². The van der Waals surface area contributed by atoms with Gasteiger partial charge >= 0.3 is 0 Å². The highest BCUT2D eigenvalue weighted by molar-refractivity contribution is 5.26. The number of halogens is 1. The maximum absolute atomic E-state index is 12.8. The fourth-order valence-electron chi connectivity index (χ4n) is 1.77. The van der Waals surface area contributed by atoms with E-state index in [0.29, 0.717) is 11.9 Å². The van der Waals surface area contributed by atoms with E-state index in [4.69, 9.17) is 0 Å². The van der Waals surface area contributed by atoms with E-state index in [1.165, 1.54) is 10.9 Å². The molecule has 0 aliphatic heterocycles. The Balaban J connectivity index is 2.23. The molecule has 1 atom stereocenters. The molecule has 0 radical (unpaired) electrons. The number of rotatable bonds is 4. The Morgan fingerprint density at radius 1 is 1.41 bits per heavy atom. The number of hydrogen-bond donors (Lipinski definition) is 1. The molecule has 0 fully saturated rings. The Kier molecular flexibility index (Phi) is 3.49. The molecule has 1 N–H and O–H groups in total. The zero-order valence-electron chi connectivity index (χ0n) is 9.89. The Morgan fingerprint density at radius 3 is 2.71 bits per heavy atom. The van der Waals surface area contributed by atoms with Crippen LogP contribution in [0.5, 0.6) is 0 Å². The second kappa shape index (κ2) is 5.05. The largest absolute Gasteiger partial charge is 0.313 e. The summed E-state index contributed by atoms with van der Waals surface area (Å²) >= 11 is 0. The van der Waals surface area contributed by atoms with Gasteiger partial charge in [0.1, 0.15) is 0 Å². The fraction of sp³-hybridized carbons (Fsp3) is 0.333. The number of hydrogen-bond acceptors (Lipinski definition) is 3. The average Bonchev–Trinajstić information content (AvgIpc) is 2.78. The van der Waals surface area contributed by atoms with Gasteiger partial charge in [-0.05, 0) is 25.1 Å². The molecule has 5 heteroatoms. The van der Waals surface area contributed by atoms with Gasteiger partial charge in [0.15, 0.2) is 11.6 Å². The van der Waals surface area contributed by atoms with Gasteiger partial charge in [-0.25, -0.2) is 14.1 Å². The lowest BCUT2D eigenvalue weighted by molar-refractivity contribution is 0.574. The van der Waals surface area contributed by atoms with Crippen LogP contribution in [0.25, 0.3) is 5.82 Å². The maximum atomic E-state index is 12.8. The number of aromatic nitrogens is 3. The number of pyridine rings is 1. The summed E-state index contributed by atoms with van der Waals surface area (Å²) in [7, 11) is 1.92. The van der Waals surface area contributed by atoms with Crippen LogP contribution in [0.15, 0.2) is 30.7 Å². The normalized spacial score (nSPS) is 12.6. The van der Waals surface area contributed by atoms with Crippen LogP contribution in [0.3, 0.4) is 0 Å². The smallest absolute Gasteiger partial charge is 0.161 e. The van der Waals surface area contributed by atoms with Crippen molar-refractivity contribution in [2.45, 2.75) is 19.4 Å². The molecule has 2 aromatic heterocycles. The van der Waals surface area contributed by atoms with Crippen molar-refractivity contribution in [3.05, 3.63) is 42.1 Å². The minimum atomic E-state index is -0.363. The topological polar surface area (TPSA) is 42.7 Å². The van der Waals surface area contributed by atoms with E-state index in [9.17, 15) is 4.39 Å². The van der Waals surface area contributed by atoms with E-state index in [-0.39, 0.29) is 5.82 Å². The minimum Gasteiger partial charge on any atom is -0.313 e. The molecule has 90 valence electrons. The molecule has 2 aromatic rings. The summed E-state index contributed by atoms with van der Waals surface area (Å²) in [6.07, 6.45) is 5.25. The Labute approximate surface area is 99.5 Å². The van der Waals surface area contributed by atoms with Crippen molar-refractivity contribution in [3.63, 3.8) is 0 Å². The van der Waals surface area contributed by atoms with Crippen LogP contribution in [-0.4, -0.2) is 21.8 Å². The van der Waals surface area contributed by atoms with Gasteiger partial charge in [0.2, 0.25) is 0 Å². The lowest BCUT2D eigenvalue weighted by atomic mass is 10.1. The molecule has 0 saturated carbocycles. The lowest BCUT2D eigenvalue weighted by Crippen LogP contribution is -2.15. The van der Waals surface area contributed by atoms with Crippen molar-refractivity contribution >= 4 is 0 Å². The molecule has 4 nitrogen and oxygen atoms in total. The highest BCUT2D eigenvalue weighted by Crippen LogP contribution is 2.16. The number of nitrogens with one attached hydrogen (secondary N) is 1. The first-order chi connectivity index (χ1) is 8.24. The average molecular weight is 234 g/mol. The maximum Gasteiger partial charge on any atom is 0.161 e. The van der Waals surface area contributed by atoms with Gasteiger partial charge in [-0.3, -0.25) is 0 Å². The lowest BCUT2D eigenvalue weighted by Gasteiger charge is -2.13. The van der Waals surface area contributed by atoms with Gasteiger partial charge in [-0.1, -0.05) is 13.0 Å². The standard InChI is InChI=1S/C12H15FN4/c1-3-11(14-2)9-4-5-12(15-6-9)17-8-10(13)7-16-17/h4-8,11,14H,3H2,1-2H3/t11-/m0/s1. The summed E-state index contributed by atoms with van der Waals surface area (Å²) in [5.74, 6) is 0.251. The van der Waals surface area contributed by atoms with Crippen LogP contribution in [0.1, 0.15) is 24.9 Å². The molecule has 2 rings (SSSR count). The molecular formula is C12H15FN4. The molecule has 0 aliphatic rings. The molecule has 0 bridgehead atoms. The highest BCUT2D eigenvalue weighted by atomic mass is 19.1. The monoisotopic (exact) mass is 234 g/mol. The van der Waals surface area contributed by atoms with Crippen molar-refractivity contribution in [2.24, 2.45) is 0 Å².